The third-order valence-corrected chi connectivity index (χ3v) is 5.91. The van der Waals surface area contributed by atoms with E-state index in [1.165, 1.54) is 0 Å². The largest absolute Gasteiger partial charge is 0.376 e. The highest BCUT2D eigenvalue weighted by Crippen LogP contribution is 2.28. The predicted octanol–water partition coefficient (Wildman–Crippen LogP) is 2.82. The van der Waals surface area contributed by atoms with Gasteiger partial charge in [-0.05, 0) is 24.0 Å². The van der Waals surface area contributed by atoms with Crippen molar-refractivity contribution in [2.75, 3.05) is 18.9 Å². The summed E-state index contributed by atoms with van der Waals surface area (Å²) in [6.45, 7) is 1.26. The molecule has 1 aliphatic heterocycles. The van der Waals surface area contributed by atoms with Crippen molar-refractivity contribution in [3.05, 3.63) is 71.8 Å². The normalized spacial score (nSPS) is 18.2. The summed E-state index contributed by atoms with van der Waals surface area (Å²) in [6, 6.07) is 19.4. The molecule has 0 bridgehead atoms. The molecule has 2 aromatic rings. The van der Waals surface area contributed by atoms with Crippen LogP contribution in [0.4, 0.5) is 0 Å². The molecule has 4 nitrogen and oxygen atoms in total. The zero-order chi connectivity index (χ0) is 17.5. The van der Waals surface area contributed by atoms with Crippen molar-refractivity contribution < 1.29 is 13.7 Å². The molecule has 0 radical (unpaired) electrons. The Morgan fingerprint density at radius 1 is 1.08 bits per heavy atom. The molecule has 1 heterocycles. The van der Waals surface area contributed by atoms with Crippen LogP contribution in [0.1, 0.15) is 29.2 Å². The van der Waals surface area contributed by atoms with E-state index in [2.05, 4.69) is 5.32 Å². The van der Waals surface area contributed by atoms with Crippen molar-refractivity contribution in [1.29, 1.82) is 0 Å². The van der Waals surface area contributed by atoms with Crippen LogP contribution in [0.5, 0.6) is 0 Å². The second-order valence-electron chi connectivity index (χ2n) is 6.17. The summed E-state index contributed by atoms with van der Waals surface area (Å²) in [5, 5.41) is 2.55. The molecule has 0 spiro atoms. The average molecular weight is 357 g/mol. The maximum Gasteiger partial charge on any atom is 0.232 e. The van der Waals surface area contributed by atoms with E-state index in [9.17, 15) is 9.00 Å². The van der Waals surface area contributed by atoms with E-state index in [-0.39, 0.29) is 23.0 Å². The van der Waals surface area contributed by atoms with Gasteiger partial charge in [-0.25, -0.2) is 0 Å². The standard InChI is InChI=1S/C20H23NO3S/c22-19(21-14-18-12-7-13-24-18)15-25(23)20(16-8-3-1-4-9-16)17-10-5-2-6-11-17/h1-6,8-11,18,20H,7,12-15H2,(H,21,22). The molecular formula is C20H23NO3S. The van der Waals surface area contributed by atoms with Gasteiger partial charge in [0.05, 0.1) is 11.4 Å². The second kappa shape index (κ2) is 8.92. The Hall–Kier alpha value is -1.98. The predicted molar refractivity (Wildman–Crippen MR) is 99.7 cm³/mol. The van der Waals surface area contributed by atoms with Crippen LogP contribution in [0, 0.1) is 0 Å². The Morgan fingerprint density at radius 3 is 2.20 bits per heavy atom. The van der Waals surface area contributed by atoms with E-state index in [1.807, 2.05) is 60.7 Å². The van der Waals surface area contributed by atoms with E-state index in [0.29, 0.717) is 6.54 Å². The molecule has 5 heteroatoms. The van der Waals surface area contributed by atoms with Crippen molar-refractivity contribution in [1.82, 2.24) is 5.32 Å². The van der Waals surface area contributed by atoms with Gasteiger partial charge in [-0.3, -0.25) is 9.00 Å². The van der Waals surface area contributed by atoms with Gasteiger partial charge in [-0.2, -0.15) is 0 Å². The van der Waals surface area contributed by atoms with Crippen LogP contribution in [0.2, 0.25) is 0 Å². The first-order valence-corrected chi connectivity index (χ1v) is 9.97. The van der Waals surface area contributed by atoms with E-state index in [4.69, 9.17) is 4.74 Å². The minimum atomic E-state index is -1.35. The van der Waals surface area contributed by atoms with Crippen LogP contribution < -0.4 is 5.32 Å². The number of rotatable bonds is 7. The van der Waals surface area contributed by atoms with Crippen LogP contribution in [-0.2, 0) is 20.3 Å². The van der Waals surface area contributed by atoms with Gasteiger partial charge in [-0.15, -0.1) is 0 Å². The Kier molecular flexibility index (Phi) is 6.36. The van der Waals surface area contributed by atoms with Gasteiger partial charge in [-0.1, -0.05) is 60.7 Å². The van der Waals surface area contributed by atoms with Gasteiger partial charge < -0.3 is 10.1 Å². The highest BCUT2D eigenvalue weighted by Gasteiger charge is 2.24. The van der Waals surface area contributed by atoms with Crippen LogP contribution in [0.3, 0.4) is 0 Å². The fraction of sp³-hybridized carbons (Fsp3) is 0.350. The average Bonchev–Trinajstić information content (AvgIpc) is 3.16. The van der Waals surface area contributed by atoms with Gasteiger partial charge in [0, 0.05) is 24.0 Å². The summed E-state index contributed by atoms with van der Waals surface area (Å²) >= 11 is 0. The number of ether oxygens (including phenoxy) is 1. The molecule has 2 aromatic carbocycles. The molecular weight excluding hydrogens is 334 g/mol. The molecule has 0 saturated carbocycles. The first kappa shape index (κ1) is 17.8. The minimum absolute atomic E-state index is 0.0127. The number of amides is 1. The van der Waals surface area contributed by atoms with Crippen molar-refractivity contribution in [3.8, 4) is 0 Å². The molecule has 0 aliphatic carbocycles. The third-order valence-electron chi connectivity index (χ3n) is 4.29. The van der Waals surface area contributed by atoms with Crippen LogP contribution in [-0.4, -0.2) is 35.1 Å². The number of carbonyl (C=O) groups excluding carboxylic acids is 1. The lowest BCUT2D eigenvalue weighted by atomic mass is 10.0. The highest BCUT2D eigenvalue weighted by molar-refractivity contribution is 7.86. The summed E-state index contributed by atoms with van der Waals surface area (Å²) in [4.78, 5) is 12.2. The Morgan fingerprint density at radius 2 is 1.68 bits per heavy atom. The number of benzene rings is 2. The van der Waals surface area contributed by atoms with E-state index >= 15 is 0 Å². The maximum absolute atomic E-state index is 13.0. The fourth-order valence-electron chi connectivity index (χ4n) is 3.05. The maximum atomic E-state index is 13.0. The molecule has 25 heavy (non-hydrogen) atoms. The van der Waals surface area contributed by atoms with Gasteiger partial charge in [0.1, 0.15) is 5.75 Å². The molecule has 1 saturated heterocycles. The molecule has 1 fully saturated rings. The molecule has 132 valence electrons. The molecule has 2 unspecified atom stereocenters. The molecule has 0 aromatic heterocycles. The number of hydrogen-bond acceptors (Lipinski definition) is 3. The van der Waals surface area contributed by atoms with Crippen molar-refractivity contribution in [2.24, 2.45) is 0 Å². The topological polar surface area (TPSA) is 55.4 Å². The smallest absolute Gasteiger partial charge is 0.232 e. The van der Waals surface area contributed by atoms with Gasteiger partial charge in [0.2, 0.25) is 5.91 Å². The van der Waals surface area contributed by atoms with Gasteiger partial charge in [0.15, 0.2) is 0 Å². The summed E-state index contributed by atoms with van der Waals surface area (Å²) in [5.41, 5.74) is 1.91. The zero-order valence-corrected chi connectivity index (χ0v) is 14.9. The second-order valence-corrected chi connectivity index (χ2v) is 7.69. The Labute approximate surface area is 151 Å². The van der Waals surface area contributed by atoms with E-state index in [0.717, 1.165) is 30.6 Å². The first-order valence-electron chi connectivity index (χ1n) is 8.59. The molecule has 3 rings (SSSR count). The lowest BCUT2D eigenvalue weighted by Gasteiger charge is -2.18. The zero-order valence-electron chi connectivity index (χ0n) is 14.1. The van der Waals surface area contributed by atoms with Crippen molar-refractivity contribution in [3.63, 3.8) is 0 Å². The van der Waals surface area contributed by atoms with Crippen LogP contribution in [0.25, 0.3) is 0 Å². The molecule has 1 N–H and O–H groups in total. The lowest BCUT2D eigenvalue weighted by Crippen LogP contribution is -2.35. The Balaban J connectivity index is 1.68. The summed E-state index contributed by atoms with van der Waals surface area (Å²) < 4.78 is 18.5. The number of hydrogen-bond donors (Lipinski definition) is 1. The number of carbonyl (C=O) groups is 1. The van der Waals surface area contributed by atoms with Gasteiger partial charge >= 0.3 is 0 Å². The summed E-state index contributed by atoms with van der Waals surface area (Å²) in [7, 11) is -1.35. The minimum Gasteiger partial charge on any atom is -0.376 e. The third kappa shape index (κ3) is 5.00. The van der Waals surface area contributed by atoms with Crippen molar-refractivity contribution in [2.45, 2.75) is 24.2 Å². The molecule has 1 aliphatic rings. The first-order chi connectivity index (χ1) is 12.2. The van der Waals surface area contributed by atoms with Crippen LogP contribution in [0.15, 0.2) is 60.7 Å². The number of nitrogens with one attached hydrogen (secondary N) is 1. The van der Waals surface area contributed by atoms with E-state index in [1.54, 1.807) is 0 Å². The SMILES string of the molecule is O=C(CS(=O)C(c1ccccc1)c1ccccc1)NCC1CCCO1. The van der Waals surface area contributed by atoms with Crippen molar-refractivity contribution >= 4 is 16.7 Å². The van der Waals surface area contributed by atoms with Gasteiger partial charge in [0.25, 0.3) is 0 Å². The highest BCUT2D eigenvalue weighted by atomic mass is 32.2. The van der Waals surface area contributed by atoms with Crippen LogP contribution >= 0.6 is 0 Å². The molecule has 1 amide bonds. The fourth-order valence-corrected chi connectivity index (χ4v) is 4.50. The Bertz CT molecular complexity index is 660. The quantitative estimate of drug-likeness (QED) is 0.829. The lowest BCUT2D eigenvalue weighted by molar-refractivity contribution is -0.119. The summed E-state index contributed by atoms with van der Waals surface area (Å²) in [5.74, 6) is -0.202. The summed E-state index contributed by atoms with van der Waals surface area (Å²) in [6.07, 6.45) is 2.10. The molecule has 2 atom stereocenters. The van der Waals surface area contributed by atoms with E-state index < -0.39 is 10.8 Å². The monoisotopic (exact) mass is 357 g/mol.